The minimum atomic E-state index is -4.51. The molecule has 66 heavy (non-hydrogen) atoms. The van der Waals surface area contributed by atoms with E-state index in [1.807, 2.05) is 73.1 Å². The zero-order chi connectivity index (χ0) is 47.0. The van der Waals surface area contributed by atoms with Gasteiger partial charge in [0.25, 0.3) is 33.7 Å². The number of benzene rings is 1. The van der Waals surface area contributed by atoms with Gasteiger partial charge < -0.3 is 19.5 Å². The number of hydrogen-bond donors (Lipinski definition) is 1. The molecule has 0 spiro atoms. The average molecular weight is 923 g/mol. The average Bonchev–Trinajstić information content (AvgIpc) is 3.94. The van der Waals surface area contributed by atoms with E-state index in [0.717, 1.165) is 65.2 Å². The number of unbranched alkanes of at least 4 members (excludes halogenated alkanes) is 4. The normalized spacial score (nSPS) is 17.5. The molecule has 5 heterocycles. The molecule has 346 valence electrons. The lowest BCUT2D eigenvalue weighted by molar-refractivity contribution is -0.697. The molecule has 0 saturated carbocycles. The molecule has 2 aromatic heterocycles. The molecule has 0 unspecified atom stereocenters. The van der Waals surface area contributed by atoms with E-state index >= 15 is 0 Å². The third-order valence-corrected chi connectivity index (χ3v) is 12.6. The summed E-state index contributed by atoms with van der Waals surface area (Å²) in [6, 6.07) is 12.8. The standard InChI is InChI=1S/C48H53N6O11S/c1-49(2)38-22-29-52(30-23-38)48-36(31-34-19-26-50(27-20-34)24-7-3-5-9-46(59)64-53-42(55)15-16-43(53)56)11-12-37(48)32-35-21-28-51(41-14-13-39(33-40(35)41)66(61,62)63)25-8-4-6-10-47(60)65-54-44(57)17-18-45(54)58/h13-14,19-23,26-33H,3-12,15-18,24-25H2,1-2H3/q+1/p+1. The molecule has 4 amide bonds. The number of carbonyl (C=O) groups is 6. The lowest BCUT2D eigenvalue weighted by Gasteiger charge is -2.28. The second-order valence-corrected chi connectivity index (χ2v) is 18.2. The number of anilines is 2. The first-order valence-electron chi connectivity index (χ1n) is 22.2. The van der Waals surface area contributed by atoms with Gasteiger partial charge in [0, 0.05) is 124 Å². The van der Waals surface area contributed by atoms with Crippen LogP contribution in [0.25, 0.3) is 17.3 Å². The Morgan fingerprint density at radius 1 is 0.727 bits per heavy atom. The molecule has 7 rings (SSSR count). The predicted octanol–water partition coefficient (Wildman–Crippen LogP) is 5.42. The molecule has 17 nitrogen and oxygen atoms in total. The Hall–Kier alpha value is -6.79. The van der Waals surface area contributed by atoms with Gasteiger partial charge in [0.1, 0.15) is 6.54 Å². The number of aryl methyl sites for hydroxylation is 1. The second kappa shape index (κ2) is 21.0. The van der Waals surface area contributed by atoms with Gasteiger partial charge in [-0.1, -0.05) is 6.42 Å². The number of pyridine rings is 2. The Kier molecular flexibility index (Phi) is 15.0. The van der Waals surface area contributed by atoms with Crippen molar-refractivity contribution < 1.29 is 60.5 Å². The summed E-state index contributed by atoms with van der Waals surface area (Å²) < 4.78 is 39.0. The highest BCUT2D eigenvalue weighted by molar-refractivity contribution is 7.85. The Labute approximate surface area is 383 Å². The van der Waals surface area contributed by atoms with Crippen molar-refractivity contribution in [1.82, 2.24) is 10.1 Å². The van der Waals surface area contributed by atoms with Crippen LogP contribution in [-0.2, 0) is 55.1 Å². The Bertz CT molecular complexity index is 2600. The number of imide groups is 2. The predicted molar refractivity (Wildman–Crippen MR) is 240 cm³/mol. The zero-order valence-corrected chi connectivity index (χ0v) is 37.9. The van der Waals surface area contributed by atoms with Gasteiger partial charge in [-0.15, -0.1) is 10.1 Å². The zero-order valence-electron chi connectivity index (χ0n) is 37.1. The van der Waals surface area contributed by atoms with Gasteiger partial charge in [0.05, 0.1) is 4.90 Å². The summed E-state index contributed by atoms with van der Waals surface area (Å²) in [6.07, 6.45) is 22.0. The molecular weight excluding hydrogens is 869 g/mol. The minimum Gasteiger partial charge on any atom is -0.377 e. The molecule has 3 aliphatic heterocycles. The smallest absolute Gasteiger partial charge is 0.333 e. The molecule has 1 aromatic carbocycles. The van der Waals surface area contributed by atoms with Crippen molar-refractivity contribution in [2.24, 2.45) is 0 Å². The van der Waals surface area contributed by atoms with Gasteiger partial charge in [-0.2, -0.15) is 13.0 Å². The quantitative estimate of drug-likeness (QED) is 0.0694. The third-order valence-electron chi connectivity index (χ3n) is 11.7. The van der Waals surface area contributed by atoms with Crippen molar-refractivity contribution in [3.63, 3.8) is 0 Å². The summed E-state index contributed by atoms with van der Waals surface area (Å²) in [5, 5.41) is 1.13. The van der Waals surface area contributed by atoms with Crippen LogP contribution in [0.1, 0.15) is 101 Å². The molecule has 18 heteroatoms. The van der Waals surface area contributed by atoms with E-state index in [4.69, 9.17) is 9.68 Å². The number of hydroxylamine groups is 4. The SMILES string of the molecule is CN(C)c1cc[n+](C2=C(/C=C3\C=CN(CCCCCC(=O)ON4C(=O)CCC4=O)c4ccc(S(=O)(=O)O)cc43)CC/C2=C\c2cc[n+](CCCCCC(=O)ON3C(=O)CCC3=O)cc2)cc1. The molecule has 1 N–H and O–H groups in total. The van der Waals surface area contributed by atoms with Crippen LogP contribution in [0.5, 0.6) is 0 Å². The maximum atomic E-state index is 12.4. The van der Waals surface area contributed by atoms with Crippen molar-refractivity contribution in [2.45, 2.75) is 101 Å². The van der Waals surface area contributed by atoms with E-state index < -0.39 is 45.7 Å². The van der Waals surface area contributed by atoms with Crippen LogP contribution < -0.4 is 18.9 Å². The Morgan fingerprint density at radius 3 is 1.89 bits per heavy atom. The highest BCUT2D eigenvalue weighted by Crippen LogP contribution is 2.40. The number of rotatable bonds is 19. The molecule has 2 saturated heterocycles. The summed E-state index contributed by atoms with van der Waals surface area (Å²) in [5.74, 6) is -3.26. The van der Waals surface area contributed by atoms with E-state index in [2.05, 4.69) is 33.4 Å². The van der Waals surface area contributed by atoms with Gasteiger partial charge in [-0.25, -0.2) is 14.2 Å². The number of allylic oxidation sites excluding steroid dienone is 6. The number of fused-ring (bicyclic) bond motifs is 1. The number of nitrogens with zero attached hydrogens (tertiary/aromatic N) is 6. The fraction of sp³-hybridized carbons (Fsp3) is 0.375. The summed E-state index contributed by atoms with van der Waals surface area (Å²) in [4.78, 5) is 85.2. The molecule has 3 aromatic rings. The minimum absolute atomic E-state index is 0.0306. The summed E-state index contributed by atoms with van der Waals surface area (Å²) >= 11 is 0. The monoisotopic (exact) mass is 922 g/mol. The van der Waals surface area contributed by atoms with Crippen LogP contribution in [-0.4, -0.2) is 79.3 Å². The molecule has 1 aliphatic carbocycles. The molecular formula is C48H54N6O11S+2. The fourth-order valence-electron chi connectivity index (χ4n) is 8.19. The van der Waals surface area contributed by atoms with E-state index in [1.54, 1.807) is 6.07 Å². The van der Waals surface area contributed by atoms with Gasteiger partial charge in [0.15, 0.2) is 24.8 Å². The third kappa shape index (κ3) is 11.7. The van der Waals surface area contributed by atoms with Crippen LogP contribution in [0.4, 0.5) is 11.4 Å². The van der Waals surface area contributed by atoms with Gasteiger partial charge in [-0.05, 0) is 86.1 Å². The highest BCUT2D eigenvalue weighted by atomic mass is 32.2. The van der Waals surface area contributed by atoms with Gasteiger partial charge in [0.2, 0.25) is 5.70 Å². The number of carbonyl (C=O) groups excluding carboxylic acids is 6. The molecule has 4 aliphatic rings. The number of hydrogen-bond acceptors (Lipinski definition) is 12. The van der Waals surface area contributed by atoms with E-state index in [-0.39, 0.29) is 43.4 Å². The topological polar surface area (TPSA) is 196 Å². The maximum Gasteiger partial charge on any atom is 0.333 e. The van der Waals surface area contributed by atoms with Crippen molar-refractivity contribution in [3.8, 4) is 0 Å². The van der Waals surface area contributed by atoms with Crippen LogP contribution in [0.2, 0.25) is 0 Å². The van der Waals surface area contributed by atoms with Crippen LogP contribution in [0, 0.1) is 0 Å². The van der Waals surface area contributed by atoms with Crippen LogP contribution >= 0.6 is 0 Å². The van der Waals surface area contributed by atoms with Gasteiger partial charge in [-0.3, -0.25) is 23.7 Å². The molecule has 0 atom stereocenters. The first-order valence-corrected chi connectivity index (χ1v) is 23.6. The maximum absolute atomic E-state index is 12.4. The molecule has 2 fully saturated rings. The number of aromatic nitrogens is 2. The summed E-state index contributed by atoms with van der Waals surface area (Å²) in [7, 11) is -0.546. The highest BCUT2D eigenvalue weighted by Gasteiger charge is 2.34. The van der Waals surface area contributed by atoms with E-state index in [9.17, 15) is 41.7 Å². The second-order valence-electron chi connectivity index (χ2n) is 16.7. The first kappa shape index (κ1) is 47.2. The summed E-state index contributed by atoms with van der Waals surface area (Å²) in [5.41, 5.74) is 7.37. The summed E-state index contributed by atoms with van der Waals surface area (Å²) in [6.45, 7) is 1.29. The lowest BCUT2D eigenvalue weighted by Crippen LogP contribution is -2.33. The van der Waals surface area contributed by atoms with Crippen molar-refractivity contribution in [2.75, 3.05) is 30.4 Å². The van der Waals surface area contributed by atoms with E-state index in [0.29, 0.717) is 54.3 Å². The largest absolute Gasteiger partial charge is 0.377 e. The lowest BCUT2D eigenvalue weighted by atomic mass is 9.97. The van der Waals surface area contributed by atoms with Gasteiger partial charge >= 0.3 is 11.9 Å². The van der Waals surface area contributed by atoms with Crippen molar-refractivity contribution >= 4 is 74.4 Å². The van der Waals surface area contributed by atoms with Crippen LogP contribution in [0.3, 0.4) is 0 Å². The molecule has 0 radical (unpaired) electrons. The molecule has 0 bridgehead atoms. The van der Waals surface area contributed by atoms with Crippen molar-refractivity contribution in [1.29, 1.82) is 0 Å². The Morgan fingerprint density at radius 2 is 1.32 bits per heavy atom. The van der Waals surface area contributed by atoms with Crippen molar-refractivity contribution in [3.05, 3.63) is 108 Å². The fourth-order valence-corrected chi connectivity index (χ4v) is 8.70. The number of amides is 4. The first-order chi connectivity index (χ1) is 31.6. The van der Waals surface area contributed by atoms with Crippen LogP contribution in [0.15, 0.2) is 102 Å². The Balaban J connectivity index is 1.05. The van der Waals surface area contributed by atoms with E-state index in [1.165, 1.54) is 12.1 Å².